The second-order valence-corrected chi connectivity index (χ2v) is 6.15. The van der Waals surface area contributed by atoms with Crippen molar-refractivity contribution in [2.75, 3.05) is 5.32 Å². The number of halogens is 1. The van der Waals surface area contributed by atoms with E-state index in [9.17, 15) is 4.79 Å². The average molecular weight is 358 g/mol. The third-order valence-electron chi connectivity index (χ3n) is 3.49. The fraction of sp³-hybridized carbons (Fsp3) is 0.176. The second-order valence-electron chi connectivity index (χ2n) is 5.23. The molecule has 2 heterocycles. The van der Waals surface area contributed by atoms with Crippen molar-refractivity contribution in [2.45, 2.75) is 19.9 Å². The van der Waals surface area contributed by atoms with Crippen LogP contribution in [0.1, 0.15) is 12.0 Å². The van der Waals surface area contributed by atoms with Crippen LogP contribution in [0.25, 0.3) is 10.9 Å². The maximum absolute atomic E-state index is 12.0. The summed E-state index contributed by atoms with van der Waals surface area (Å²) in [6.07, 6.45) is 4.16. The summed E-state index contributed by atoms with van der Waals surface area (Å²) < 4.78 is 3.14. The molecule has 0 saturated carbocycles. The quantitative estimate of drug-likeness (QED) is 0.762. The van der Waals surface area contributed by atoms with E-state index in [1.165, 1.54) is 0 Å². The predicted molar refractivity (Wildman–Crippen MR) is 91.9 cm³/mol. The van der Waals surface area contributed by atoms with E-state index in [2.05, 4.69) is 49.0 Å². The van der Waals surface area contributed by atoms with Gasteiger partial charge in [0.2, 0.25) is 5.91 Å². The summed E-state index contributed by atoms with van der Waals surface area (Å²) in [4.78, 5) is 16.2. The van der Waals surface area contributed by atoms with Gasteiger partial charge in [0.15, 0.2) is 0 Å². The van der Waals surface area contributed by atoms with Gasteiger partial charge in [-0.05, 0) is 42.8 Å². The molecule has 0 bridgehead atoms. The van der Waals surface area contributed by atoms with Crippen LogP contribution in [0.5, 0.6) is 0 Å². The number of pyridine rings is 1. The van der Waals surface area contributed by atoms with Crippen molar-refractivity contribution in [3.63, 3.8) is 0 Å². The fourth-order valence-corrected chi connectivity index (χ4v) is 2.71. The van der Waals surface area contributed by atoms with Gasteiger partial charge in [0.05, 0.1) is 0 Å². The minimum Gasteiger partial charge on any atom is -0.347 e. The highest BCUT2D eigenvalue weighted by Crippen LogP contribution is 2.21. The molecule has 1 amide bonds. The topological polar surface area (TPSA) is 46.9 Å². The number of fused-ring (bicyclic) bond motifs is 1. The molecule has 3 aromatic rings. The molecule has 2 aromatic heterocycles. The van der Waals surface area contributed by atoms with Gasteiger partial charge in [0, 0.05) is 40.7 Å². The van der Waals surface area contributed by atoms with E-state index in [4.69, 9.17) is 0 Å². The van der Waals surface area contributed by atoms with Crippen molar-refractivity contribution >= 4 is 38.6 Å². The van der Waals surface area contributed by atoms with E-state index in [1.54, 1.807) is 6.20 Å². The van der Waals surface area contributed by atoms with Crippen molar-refractivity contribution in [1.82, 2.24) is 9.55 Å². The Balaban J connectivity index is 1.63. The van der Waals surface area contributed by atoms with Crippen molar-refractivity contribution in [1.29, 1.82) is 0 Å². The van der Waals surface area contributed by atoms with Crippen LogP contribution in [0.2, 0.25) is 0 Å². The summed E-state index contributed by atoms with van der Waals surface area (Å²) in [6, 6.07) is 11.9. The van der Waals surface area contributed by atoms with Crippen LogP contribution in [-0.4, -0.2) is 15.5 Å². The summed E-state index contributed by atoms with van der Waals surface area (Å²) in [5, 5.41) is 3.98. The minimum atomic E-state index is -0.0321. The van der Waals surface area contributed by atoms with Crippen molar-refractivity contribution < 1.29 is 4.79 Å². The van der Waals surface area contributed by atoms with Gasteiger partial charge < -0.3 is 9.88 Å². The van der Waals surface area contributed by atoms with Gasteiger partial charge in [-0.1, -0.05) is 22.0 Å². The Morgan fingerprint density at radius 2 is 2.14 bits per heavy atom. The third-order valence-corrected chi connectivity index (χ3v) is 3.98. The van der Waals surface area contributed by atoms with Crippen molar-refractivity contribution in [2.24, 2.45) is 0 Å². The molecule has 0 radical (unpaired) electrons. The lowest BCUT2D eigenvalue weighted by Gasteiger charge is -2.07. The first-order chi connectivity index (χ1) is 10.6. The summed E-state index contributed by atoms with van der Waals surface area (Å²) in [6.45, 7) is 2.61. The molecule has 0 aliphatic heterocycles. The van der Waals surface area contributed by atoms with Crippen molar-refractivity contribution in [3.8, 4) is 0 Å². The number of benzene rings is 1. The number of carbonyl (C=O) groups is 1. The van der Waals surface area contributed by atoms with Crippen LogP contribution in [0.15, 0.2) is 53.3 Å². The highest BCUT2D eigenvalue weighted by atomic mass is 79.9. The summed E-state index contributed by atoms with van der Waals surface area (Å²) in [5.74, 6) is 0.562. The Morgan fingerprint density at radius 3 is 2.91 bits per heavy atom. The molecule has 0 fully saturated rings. The average Bonchev–Trinajstić information content (AvgIpc) is 2.89. The molecule has 0 aliphatic rings. The predicted octanol–water partition coefficient (Wildman–Crippen LogP) is 4.14. The van der Waals surface area contributed by atoms with Gasteiger partial charge in [-0.15, -0.1) is 0 Å². The molecule has 0 unspecified atom stereocenters. The zero-order valence-electron chi connectivity index (χ0n) is 12.2. The Hall–Kier alpha value is -2.14. The molecule has 0 atom stereocenters. The molecule has 1 aromatic carbocycles. The van der Waals surface area contributed by atoms with Crippen LogP contribution in [-0.2, 0) is 11.3 Å². The monoisotopic (exact) mass is 357 g/mol. The molecule has 0 aliphatic carbocycles. The van der Waals surface area contributed by atoms with Gasteiger partial charge >= 0.3 is 0 Å². The lowest BCUT2D eigenvalue weighted by atomic mass is 10.2. The molecule has 22 heavy (non-hydrogen) atoms. The van der Waals surface area contributed by atoms with E-state index in [1.807, 2.05) is 31.3 Å². The van der Waals surface area contributed by atoms with E-state index < -0.39 is 0 Å². The van der Waals surface area contributed by atoms with E-state index in [0.29, 0.717) is 18.8 Å². The number of anilines is 1. The number of aryl methyl sites for hydroxylation is 2. The highest BCUT2D eigenvalue weighted by Gasteiger charge is 2.06. The van der Waals surface area contributed by atoms with E-state index in [0.717, 1.165) is 20.9 Å². The summed E-state index contributed by atoms with van der Waals surface area (Å²) in [7, 11) is 0. The Bertz CT molecular complexity index is 808. The maximum Gasteiger partial charge on any atom is 0.227 e. The number of nitrogens with one attached hydrogen (secondary N) is 1. The van der Waals surface area contributed by atoms with E-state index in [-0.39, 0.29) is 5.91 Å². The van der Waals surface area contributed by atoms with Gasteiger partial charge in [-0.2, -0.15) is 0 Å². The largest absolute Gasteiger partial charge is 0.347 e. The number of hydrogen-bond donors (Lipinski definition) is 1. The molecule has 5 heteroatoms. The maximum atomic E-state index is 12.0. The van der Waals surface area contributed by atoms with Crippen LogP contribution in [0, 0.1) is 6.92 Å². The van der Waals surface area contributed by atoms with Gasteiger partial charge in [0.25, 0.3) is 0 Å². The zero-order chi connectivity index (χ0) is 15.5. The lowest BCUT2D eigenvalue weighted by molar-refractivity contribution is -0.116. The van der Waals surface area contributed by atoms with E-state index >= 15 is 0 Å². The number of hydrogen-bond acceptors (Lipinski definition) is 2. The number of carbonyl (C=O) groups excluding carboxylic acids is 1. The first-order valence-electron chi connectivity index (χ1n) is 7.09. The lowest BCUT2D eigenvalue weighted by Crippen LogP contribution is -2.15. The molecule has 1 N–H and O–H groups in total. The van der Waals surface area contributed by atoms with Gasteiger partial charge in [-0.3, -0.25) is 4.79 Å². The second kappa shape index (κ2) is 6.32. The molecule has 0 spiro atoms. The fourth-order valence-electron chi connectivity index (χ4n) is 2.34. The van der Waals surface area contributed by atoms with Gasteiger partial charge in [-0.25, -0.2) is 4.98 Å². The Labute approximate surface area is 137 Å². The summed E-state index contributed by atoms with van der Waals surface area (Å²) in [5.41, 5.74) is 2.20. The number of nitrogens with zero attached hydrogens (tertiary/aromatic N) is 2. The first kappa shape index (κ1) is 14.8. The number of aromatic nitrogens is 2. The van der Waals surface area contributed by atoms with Gasteiger partial charge in [0.1, 0.15) is 5.82 Å². The SMILES string of the molecule is Cc1ccc(NC(=O)CCn2ccc3cc(Br)ccc32)nc1. The Morgan fingerprint density at radius 1 is 1.27 bits per heavy atom. The minimum absolute atomic E-state index is 0.0321. The normalized spacial score (nSPS) is 10.8. The van der Waals surface area contributed by atoms with Crippen LogP contribution >= 0.6 is 15.9 Å². The van der Waals surface area contributed by atoms with Crippen LogP contribution in [0.4, 0.5) is 5.82 Å². The molecule has 4 nitrogen and oxygen atoms in total. The molecule has 112 valence electrons. The Kier molecular flexibility index (Phi) is 4.24. The van der Waals surface area contributed by atoms with Crippen LogP contribution in [0.3, 0.4) is 0 Å². The van der Waals surface area contributed by atoms with Crippen molar-refractivity contribution in [3.05, 3.63) is 58.8 Å². The third kappa shape index (κ3) is 3.36. The first-order valence-corrected chi connectivity index (χ1v) is 7.88. The highest BCUT2D eigenvalue weighted by molar-refractivity contribution is 9.10. The number of amides is 1. The zero-order valence-corrected chi connectivity index (χ0v) is 13.8. The number of rotatable bonds is 4. The van der Waals surface area contributed by atoms with Crippen LogP contribution < -0.4 is 5.32 Å². The molecular formula is C17H16BrN3O. The summed E-state index contributed by atoms with van der Waals surface area (Å²) >= 11 is 3.47. The molecule has 0 saturated heterocycles. The molecular weight excluding hydrogens is 342 g/mol. The standard InChI is InChI=1S/C17H16BrN3O/c1-12-2-5-16(19-11-12)20-17(22)7-9-21-8-6-13-10-14(18)3-4-15(13)21/h2-6,8,10-11H,7,9H2,1H3,(H,19,20,22). The molecule has 3 rings (SSSR count). The smallest absolute Gasteiger partial charge is 0.227 e.